The van der Waals surface area contributed by atoms with Gasteiger partial charge >= 0.3 is 5.97 Å². The number of hydrogen-bond acceptors (Lipinski definition) is 6. The van der Waals surface area contributed by atoms with E-state index < -0.39 is 23.8 Å². The molecule has 0 radical (unpaired) electrons. The van der Waals surface area contributed by atoms with Crippen molar-refractivity contribution in [3.05, 3.63) is 118 Å². The van der Waals surface area contributed by atoms with Crippen molar-refractivity contribution in [2.45, 2.75) is 65.3 Å². The number of carboxylic acid groups (broad SMARTS) is 1. The Morgan fingerprint density at radius 1 is 0.750 bits per heavy atom. The van der Waals surface area contributed by atoms with E-state index in [0.29, 0.717) is 10.7 Å². The third kappa shape index (κ3) is 8.49. The van der Waals surface area contributed by atoms with Crippen LogP contribution >= 0.6 is 11.3 Å². The van der Waals surface area contributed by atoms with Crippen LogP contribution in [0.15, 0.2) is 97.3 Å². The molecule has 2 atom stereocenters. The van der Waals surface area contributed by atoms with Crippen molar-refractivity contribution in [1.29, 1.82) is 0 Å². The molecule has 48 heavy (non-hydrogen) atoms. The van der Waals surface area contributed by atoms with Crippen LogP contribution in [0.3, 0.4) is 0 Å². The summed E-state index contributed by atoms with van der Waals surface area (Å²) in [6.45, 7) is 9.83. The lowest BCUT2D eigenvalue weighted by Gasteiger charge is -2.18. The number of hydrogen-bond donors (Lipinski definition) is 2. The fraction of sp³-hybridized carbons (Fsp3) is 0.275. The van der Waals surface area contributed by atoms with Gasteiger partial charge in [0.15, 0.2) is 11.6 Å². The van der Waals surface area contributed by atoms with Crippen molar-refractivity contribution in [2.75, 3.05) is 0 Å². The van der Waals surface area contributed by atoms with Crippen LogP contribution in [0, 0.1) is 5.92 Å². The van der Waals surface area contributed by atoms with Crippen LogP contribution in [0.2, 0.25) is 0 Å². The van der Waals surface area contributed by atoms with E-state index in [4.69, 9.17) is 0 Å². The summed E-state index contributed by atoms with van der Waals surface area (Å²) in [5, 5.41) is 11.9. The van der Waals surface area contributed by atoms with E-state index in [2.05, 4.69) is 91.5 Å². The van der Waals surface area contributed by atoms with E-state index >= 15 is 0 Å². The third-order valence-electron chi connectivity index (χ3n) is 8.41. The molecule has 0 bridgehead atoms. The van der Waals surface area contributed by atoms with Crippen molar-refractivity contribution in [1.82, 2.24) is 15.3 Å². The van der Waals surface area contributed by atoms with Gasteiger partial charge in [-0.3, -0.25) is 14.4 Å². The van der Waals surface area contributed by atoms with Crippen molar-refractivity contribution >= 4 is 29.0 Å². The molecule has 0 aliphatic rings. The number of aromatic nitrogens is 2. The standard InChI is InChI=1S/C40H41N3O4S/c1-6-26-7-11-28(12-8-26)29-15-17-30(18-16-29)33-23-41-37(42-24-33)31-13-9-27(10-14-31)21-32(38(45)43-25(2)39(46)47)22-34(44)35-19-20-36(48-35)40(3,4)5/h7-20,23-25,32H,6,21-22H2,1-5H3,(H,43,45)(H,46,47)/t25-,32-/m1/s1. The number of carboxylic acids is 1. The van der Waals surface area contributed by atoms with Crippen molar-refractivity contribution in [3.8, 4) is 33.6 Å². The zero-order chi connectivity index (χ0) is 34.4. The van der Waals surface area contributed by atoms with Crippen LogP contribution in [0.5, 0.6) is 0 Å². The van der Waals surface area contributed by atoms with Crippen LogP contribution < -0.4 is 5.32 Å². The minimum Gasteiger partial charge on any atom is -0.480 e. The van der Waals surface area contributed by atoms with Gasteiger partial charge in [0.2, 0.25) is 5.91 Å². The van der Waals surface area contributed by atoms with Gasteiger partial charge in [0, 0.05) is 40.7 Å². The highest BCUT2D eigenvalue weighted by molar-refractivity contribution is 7.14. The van der Waals surface area contributed by atoms with Crippen LogP contribution in [0.25, 0.3) is 33.6 Å². The monoisotopic (exact) mass is 659 g/mol. The highest BCUT2D eigenvalue weighted by Gasteiger charge is 2.27. The molecular weight excluding hydrogens is 619 g/mol. The van der Waals surface area contributed by atoms with Crippen LogP contribution in [-0.4, -0.2) is 38.8 Å². The minimum atomic E-state index is -1.13. The summed E-state index contributed by atoms with van der Waals surface area (Å²) in [5.41, 5.74) is 7.17. The fourth-order valence-corrected chi connectivity index (χ4v) is 6.37. The molecule has 0 saturated carbocycles. The Bertz CT molecular complexity index is 1870. The molecule has 8 heteroatoms. The number of nitrogens with zero attached hydrogens (tertiary/aromatic N) is 2. The Kier molecular flexibility index (Phi) is 10.6. The molecule has 0 aliphatic heterocycles. The van der Waals surface area contributed by atoms with Gasteiger partial charge in [-0.15, -0.1) is 11.3 Å². The number of benzene rings is 3. The van der Waals surface area contributed by atoms with Gasteiger partial charge < -0.3 is 10.4 Å². The summed E-state index contributed by atoms with van der Waals surface area (Å²) < 4.78 is 0. The smallest absolute Gasteiger partial charge is 0.325 e. The van der Waals surface area contributed by atoms with Crippen LogP contribution in [-0.2, 0) is 27.8 Å². The summed E-state index contributed by atoms with van der Waals surface area (Å²) in [6.07, 6.45) is 4.89. The van der Waals surface area contributed by atoms with E-state index in [1.54, 1.807) is 0 Å². The number of amides is 1. The number of ketones is 1. The normalized spacial score (nSPS) is 12.7. The van der Waals surface area contributed by atoms with Gasteiger partial charge in [0.05, 0.1) is 4.88 Å². The van der Waals surface area contributed by atoms with Crippen LogP contribution in [0.4, 0.5) is 0 Å². The second-order valence-electron chi connectivity index (χ2n) is 13.1. The van der Waals surface area contributed by atoms with Crippen LogP contribution in [0.1, 0.15) is 66.7 Å². The molecule has 5 rings (SSSR count). The molecule has 246 valence electrons. The molecule has 7 nitrogen and oxygen atoms in total. The number of thiophene rings is 1. The van der Waals surface area contributed by atoms with E-state index in [-0.39, 0.29) is 24.0 Å². The SMILES string of the molecule is CCc1ccc(-c2ccc(-c3cnc(-c4ccc(C[C@H](CC(=O)c5ccc(C(C)(C)C)s5)C(=O)N[C@H](C)C(=O)O)cc4)nc3)cc2)cc1. The average Bonchev–Trinajstić information content (AvgIpc) is 3.60. The maximum Gasteiger partial charge on any atom is 0.325 e. The number of aryl methyl sites for hydroxylation is 1. The number of aliphatic carboxylic acids is 1. The minimum absolute atomic E-state index is 0.0271. The molecule has 1 amide bonds. The van der Waals surface area contributed by atoms with E-state index in [0.717, 1.165) is 39.1 Å². The Balaban J connectivity index is 1.27. The molecular formula is C40H41N3O4S. The molecule has 0 aliphatic carbocycles. The number of rotatable bonds is 12. The highest BCUT2D eigenvalue weighted by Crippen LogP contribution is 2.31. The lowest BCUT2D eigenvalue weighted by molar-refractivity contribution is -0.141. The predicted octanol–water partition coefficient (Wildman–Crippen LogP) is 8.42. The van der Waals surface area contributed by atoms with Crippen molar-refractivity contribution < 1.29 is 19.5 Å². The van der Waals surface area contributed by atoms with Crippen molar-refractivity contribution in [2.24, 2.45) is 5.92 Å². The molecule has 0 fully saturated rings. The van der Waals surface area contributed by atoms with Crippen molar-refractivity contribution in [3.63, 3.8) is 0 Å². The molecule has 0 spiro atoms. The largest absolute Gasteiger partial charge is 0.480 e. The second-order valence-corrected chi connectivity index (χ2v) is 14.2. The molecule has 2 aromatic heterocycles. The summed E-state index contributed by atoms with van der Waals surface area (Å²) in [5.74, 6) is -1.89. The fourth-order valence-electron chi connectivity index (χ4n) is 5.35. The second kappa shape index (κ2) is 14.9. The number of carbonyl (C=O) groups is 3. The summed E-state index contributed by atoms with van der Waals surface area (Å²) in [6, 6.07) is 27.3. The first kappa shape index (κ1) is 34.4. The average molecular weight is 660 g/mol. The highest BCUT2D eigenvalue weighted by atomic mass is 32.1. The lowest BCUT2D eigenvalue weighted by Crippen LogP contribution is -2.42. The lowest BCUT2D eigenvalue weighted by atomic mass is 9.92. The Morgan fingerprint density at radius 3 is 1.79 bits per heavy atom. The molecule has 0 unspecified atom stereocenters. The zero-order valence-electron chi connectivity index (χ0n) is 28.0. The summed E-state index contributed by atoms with van der Waals surface area (Å²) in [4.78, 5) is 48.8. The van der Waals surface area contributed by atoms with Gasteiger partial charge in [-0.2, -0.15) is 0 Å². The van der Waals surface area contributed by atoms with E-state index in [1.165, 1.54) is 29.4 Å². The maximum atomic E-state index is 13.3. The first-order valence-electron chi connectivity index (χ1n) is 16.2. The maximum absolute atomic E-state index is 13.3. The summed E-state index contributed by atoms with van der Waals surface area (Å²) in [7, 11) is 0. The topological polar surface area (TPSA) is 109 Å². The predicted molar refractivity (Wildman–Crippen MR) is 192 cm³/mol. The Labute approximate surface area is 286 Å². The molecule has 0 saturated heterocycles. The van der Waals surface area contributed by atoms with Gasteiger partial charge in [-0.25, -0.2) is 9.97 Å². The van der Waals surface area contributed by atoms with Gasteiger partial charge in [-0.05, 0) is 65.1 Å². The zero-order valence-corrected chi connectivity index (χ0v) is 28.8. The van der Waals surface area contributed by atoms with Gasteiger partial charge in [0.1, 0.15) is 6.04 Å². The number of nitrogens with one attached hydrogen (secondary N) is 1. The van der Waals surface area contributed by atoms with E-state index in [1.807, 2.05) is 48.8 Å². The molecule has 3 aromatic carbocycles. The molecule has 2 heterocycles. The summed E-state index contributed by atoms with van der Waals surface area (Å²) >= 11 is 1.44. The van der Waals surface area contributed by atoms with Gasteiger partial charge in [0.25, 0.3) is 0 Å². The van der Waals surface area contributed by atoms with Gasteiger partial charge in [-0.1, -0.05) is 100 Å². The number of Topliss-reactive ketones (excluding diaryl/α,β-unsaturated/α-hetero) is 1. The molecule has 2 N–H and O–H groups in total. The Hall–Kier alpha value is -4.95. The molecule has 5 aromatic rings. The Morgan fingerprint density at radius 2 is 1.27 bits per heavy atom. The van der Waals surface area contributed by atoms with E-state index in [9.17, 15) is 19.5 Å². The first-order chi connectivity index (χ1) is 22.9. The number of carbonyl (C=O) groups excluding carboxylic acids is 2. The first-order valence-corrected chi connectivity index (χ1v) is 17.0. The quantitative estimate of drug-likeness (QED) is 0.130. The third-order valence-corrected chi connectivity index (χ3v) is 9.96.